The monoisotopic (exact) mass is 552 g/mol. The number of H-pyrrole nitrogens is 1. The van der Waals surface area contributed by atoms with E-state index in [-0.39, 0.29) is 5.97 Å². The highest BCUT2D eigenvalue weighted by molar-refractivity contribution is 6.34. The van der Waals surface area contributed by atoms with E-state index in [0.29, 0.717) is 28.2 Å². The summed E-state index contributed by atoms with van der Waals surface area (Å²) in [6.07, 6.45) is 3.22. The van der Waals surface area contributed by atoms with E-state index in [1.54, 1.807) is 30.6 Å². The first-order valence-corrected chi connectivity index (χ1v) is 12.4. The Morgan fingerprint density at radius 3 is 2.08 bits per heavy atom. The zero-order valence-electron chi connectivity index (χ0n) is 21.6. The zero-order chi connectivity index (χ0) is 27.6. The Labute approximate surface area is 229 Å². The number of hydrogen-bond donors (Lipinski definition) is 1. The minimum atomic E-state index is -0.419. The van der Waals surface area contributed by atoms with Crippen LogP contribution in [-0.4, -0.2) is 45.7 Å². The summed E-state index contributed by atoms with van der Waals surface area (Å²) in [6.45, 7) is 6.84. The molecule has 0 saturated carbocycles. The van der Waals surface area contributed by atoms with E-state index in [4.69, 9.17) is 27.9 Å². The second kappa shape index (κ2) is 11.2. The second-order valence-electron chi connectivity index (χ2n) is 8.76. The van der Waals surface area contributed by atoms with E-state index in [1.807, 2.05) is 10.6 Å². The van der Waals surface area contributed by atoms with Crippen LogP contribution < -0.4 is 0 Å². The average molecular weight is 553 g/mol. The number of methoxy groups -OCH3 is 2. The molecule has 0 saturated heterocycles. The Morgan fingerprint density at radius 2 is 1.47 bits per heavy atom. The lowest BCUT2D eigenvalue weighted by Crippen LogP contribution is -2.12. The van der Waals surface area contributed by atoms with Gasteiger partial charge in [-0.05, 0) is 61.7 Å². The van der Waals surface area contributed by atoms with Gasteiger partial charge >= 0.3 is 11.9 Å². The number of halogens is 2. The van der Waals surface area contributed by atoms with Crippen molar-refractivity contribution in [2.75, 3.05) is 14.2 Å². The van der Waals surface area contributed by atoms with E-state index < -0.39 is 5.97 Å². The number of aromatic nitrogens is 4. The van der Waals surface area contributed by atoms with Crippen LogP contribution in [0.25, 0.3) is 21.8 Å². The van der Waals surface area contributed by atoms with Crippen LogP contribution in [0.3, 0.4) is 0 Å². The summed E-state index contributed by atoms with van der Waals surface area (Å²) in [4.78, 5) is 34.3. The Bertz CT molecular complexity index is 1650. The maximum absolute atomic E-state index is 12.2. The number of nitrogens with one attached hydrogen (secondary N) is 1. The number of carbonyl (C=O) groups excluding carboxylic acids is 2. The normalized spacial score (nSPS) is 10.8. The molecule has 0 aliphatic heterocycles. The number of benzene rings is 1. The minimum Gasteiger partial charge on any atom is -0.464 e. The lowest BCUT2D eigenvalue weighted by molar-refractivity contribution is 0.0583. The minimum absolute atomic E-state index is 0.369. The van der Waals surface area contributed by atoms with Gasteiger partial charge in [-0.1, -0.05) is 40.9 Å². The smallest absolute Gasteiger partial charge is 0.354 e. The van der Waals surface area contributed by atoms with Crippen LogP contribution in [-0.2, 0) is 16.0 Å². The number of rotatable bonds is 4. The van der Waals surface area contributed by atoms with Crippen molar-refractivity contribution in [1.82, 2.24) is 19.5 Å². The van der Waals surface area contributed by atoms with Gasteiger partial charge in [0, 0.05) is 29.7 Å². The summed E-state index contributed by atoms with van der Waals surface area (Å²) in [5, 5.41) is 2.22. The summed E-state index contributed by atoms with van der Waals surface area (Å²) < 4.78 is 11.5. The standard InChI is InChI=1S/C19H19ClN2O2.C9H7ClN2O2/c1-11-7-12(2)15(13(3)8-11)10-22-16-5-6-21-18(20)14(16)9-17(22)19(23)24-4;1-14-9(13)7-4-5-6(12-7)2-3-11-8(5)10/h5-9H,10H2,1-4H3;2-4,12H,1H3. The van der Waals surface area contributed by atoms with Crippen molar-refractivity contribution in [3.63, 3.8) is 0 Å². The molecule has 0 aliphatic rings. The van der Waals surface area contributed by atoms with Crippen LogP contribution in [0.4, 0.5) is 0 Å². The van der Waals surface area contributed by atoms with Crippen molar-refractivity contribution < 1.29 is 19.1 Å². The molecule has 10 heteroatoms. The number of esters is 2. The van der Waals surface area contributed by atoms with Gasteiger partial charge in [0.25, 0.3) is 0 Å². The number of pyridine rings is 2. The van der Waals surface area contributed by atoms with Crippen LogP contribution in [0.1, 0.15) is 43.2 Å². The van der Waals surface area contributed by atoms with Gasteiger partial charge in [-0.2, -0.15) is 0 Å². The third-order valence-electron chi connectivity index (χ3n) is 6.24. The molecular formula is C28H26Cl2N4O4. The highest BCUT2D eigenvalue weighted by Crippen LogP contribution is 2.28. The van der Waals surface area contributed by atoms with E-state index in [1.165, 1.54) is 36.5 Å². The molecule has 1 N–H and O–H groups in total. The fourth-order valence-electron chi connectivity index (χ4n) is 4.45. The Hall–Kier alpha value is -3.88. The molecule has 0 aliphatic carbocycles. The van der Waals surface area contributed by atoms with Gasteiger partial charge in [0.1, 0.15) is 21.7 Å². The largest absolute Gasteiger partial charge is 0.464 e. The predicted octanol–water partition coefficient (Wildman–Crippen LogP) is 6.45. The molecule has 0 bridgehead atoms. The van der Waals surface area contributed by atoms with E-state index in [9.17, 15) is 9.59 Å². The highest BCUT2D eigenvalue weighted by Gasteiger charge is 2.19. The molecular weight excluding hydrogens is 527 g/mol. The number of aryl methyl sites for hydroxylation is 3. The van der Waals surface area contributed by atoms with Crippen LogP contribution in [0.15, 0.2) is 48.8 Å². The maximum Gasteiger partial charge on any atom is 0.354 e. The van der Waals surface area contributed by atoms with Crippen molar-refractivity contribution in [2.45, 2.75) is 27.3 Å². The van der Waals surface area contributed by atoms with E-state index >= 15 is 0 Å². The Balaban J connectivity index is 0.000000204. The molecule has 38 heavy (non-hydrogen) atoms. The number of nitrogens with zero attached hydrogens (tertiary/aromatic N) is 3. The van der Waals surface area contributed by atoms with Crippen molar-refractivity contribution in [3.05, 3.63) is 92.7 Å². The molecule has 0 atom stereocenters. The molecule has 0 fully saturated rings. The second-order valence-corrected chi connectivity index (χ2v) is 9.47. The number of fused-ring (bicyclic) bond motifs is 2. The molecule has 4 aromatic heterocycles. The van der Waals surface area contributed by atoms with Crippen LogP contribution in [0, 0.1) is 20.8 Å². The first-order chi connectivity index (χ1) is 18.1. The molecule has 0 amide bonds. The molecule has 196 valence electrons. The van der Waals surface area contributed by atoms with Gasteiger partial charge in [0.2, 0.25) is 0 Å². The molecule has 0 radical (unpaired) electrons. The SMILES string of the molecule is COC(=O)c1cc2c(Cl)nccc2[nH]1.COC(=O)c1cc2c(Cl)nccc2n1Cc1c(C)cc(C)cc1C. The first kappa shape index (κ1) is 27.2. The summed E-state index contributed by atoms with van der Waals surface area (Å²) in [7, 11) is 2.71. The topological polar surface area (TPSA) is 99.1 Å². The summed E-state index contributed by atoms with van der Waals surface area (Å²) in [6, 6.07) is 11.3. The fourth-order valence-corrected chi connectivity index (χ4v) is 4.87. The summed E-state index contributed by atoms with van der Waals surface area (Å²) in [5.74, 6) is -0.804. The molecule has 0 spiro atoms. The third kappa shape index (κ3) is 5.37. The Morgan fingerprint density at radius 1 is 0.868 bits per heavy atom. The van der Waals surface area contributed by atoms with Gasteiger partial charge in [-0.25, -0.2) is 19.6 Å². The van der Waals surface area contributed by atoms with Crippen molar-refractivity contribution in [1.29, 1.82) is 0 Å². The molecule has 8 nitrogen and oxygen atoms in total. The zero-order valence-corrected chi connectivity index (χ0v) is 23.1. The molecule has 5 aromatic rings. The maximum atomic E-state index is 12.2. The molecule has 4 heterocycles. The Kier molecular flexibility index (Phi) is 8.04. The summed E-state index contributed by atoms with van der Waals surface area (Å²) in [5.41, 5.74) is 7.30. The van der Waals surface area contributed by atoms with Crippen molar-refractivity contribution >= 4 is 56.9 Å². The highest BCUT2D eigenvalue weighted by atomic mass is 35.5. The van der Waals surface area contributed by atoms with Crippen molar-refractivity contribution in [3.8, 4) is 0 Å². The van der Waals surface area contributed by atoms with E-state index in [2.05, 4.69) is 52.6 Å². The fraction of sp³-hybridized carbons (Fsp3) is 0.214. The third-order valence-corrected chi connectivity index (χ3v) is 6.84. The van der Waals surface area contributed by atoms with Crippen molar-refractivity contribution in [2.24, 2.45) is 0 Å². The summed E-state index contributed by atoms with van der Waals surface area (Å²) >= 11 is 12.0. The number of aromatic amines is 1. The van der Waals surface area contributed by atoms with Gasteiger partial charge in [-0.3, -0.25) is 0 Å². The predicted molar refractivity (Wildman–Crippen MR) is 148 cm³/mol. The van der Waals surface area contributed by atoms with Gasteiger partial charge in [-0.15, -0.1) is 0 Å². The van der Waals surface area contributed by atoms with Gasteiger partial charge in [0.15, 0.2) is 0 Å². The molecule has 1 aromatic carbocycles. The first-order valence-electron chi connectivity index (χ1n) is 11.6. The van der Waals surface area contributed by atoms with Crippen LogP contribution in [0.2, 0.25) is 10.3 Å². The lowest BCUT2D eigenvalue weighted by Gasteiger charge is -2.15. The van der Waals surface area contributed by atoms with E-state index in [0.717, 1.165) is 21.8 Å². The van der Waals surface area contributed by atoms with Crippen LogP contribution >= 0.6 is 23.2 Å². The van der Waals surface area contributed by atoms with Gasteiger partial charge < -0.3 is 19.0 Å². The average Bonchev–Trinajstić information content (AvgIpc) is 3.49. The van der Waals surface area contributed by atoms with Gasteiger partial charge in [0.05, 0.1) is 25.3 Å². The lowest BCUT2D eigenvalue weighted by atomic mass is 9.99. The molecule has 5 rings (SSSR count). The number of carbonyl (C=O) groups is 2. The number of hydrogen-bond acceptors (Lipinski definition) is 6. The molecule has 0 unspecified atom stereocenters. The number of ether oxygens (including phenoxy) is 2. The van der Waals surface area contributed by atoms with Crippen LogP contribution in [0.5, 0.6) is 0 Å². The quantitative estimate of drug-likeness (QED) is 0.203.